The molecule has 4 heteroatoms. The summed E-state index contributed by atoms with van der Waals surface area (Å²) in [6.45, 7) is 3.68. The van der Waals surface area contributed by atoms with Crippen LogP contribution in [-0.2, 0) is 11.3 Å². The molecule has 1 heterocycles. The molecule has 0 bridgehead atoms. The first-order valence-corrected chi connectivity index (χ1v) is 5.14. The van der Waals surface area contributed by atoms with Crippen molar-refractivity contribution in [1.29, 1.82) is 0 Å². The summed E-state index contributed by atoms with van der Waals surface area (Å²) in [6.07, 6.45) is 3.91. The maximum absolute atomic E-state index is 11.6. The molecule has 1 rings (SSSR count). The van der Waals surface area contributed by atoms with Crippen LogP contribution in [0.25, 0.3) is 0 Å². The highest BCUT2D eigenvalue weighted by atomic mass is 16.2. The van der Waals surface area contributed by atoms with Crippen molar-refractivity contribution in [3.63, 3.8) is 0 Å². The highest BCUT2D eigenvalue weighted by Crippen LogP contribution is 2.03. The van der Waals surface area contributed by atoms with Gasteiger partial charge in [-0.3, -0.25) is 9.78 Å². The summed E-state index contributed by atoms with van der Waals surface area (Å²) >= 11 is 0. The van der Waals surface area contributed by atoms with E-state index in [4.69, 9.17) is 5.73 Å². The Morgan fingerprint density at radius 2 is 2.40 bits per heavy atom. The highest BCUT2D eigenvalue weighted by Gasteiger charge is 2.10. The van der Waals surface area contributed by atoms with E-state index in [1.165, 1.54) is 0 Å². The van der Waals surface area contributed by atoms with Gasteiger partial charge in [0.1, 0.15) is 0 Å². The summed E-state index contributed by atoms with van der Waals surface area (Å²) in [7, 11) is 0. The standard InChI is InChI=1S/C11H17N3O/c1-2-14(11(15)5-6-12)9-10-4-3-7-13-8-10/h3-4,7-8H,2,5-6,9,12H2,1H3. The SMILES string of the molecule is CCN(Cc1cccnc1)C(=O)CCN. The van der Waals surface area contributed by atoms with Crippen molar-refractivity contribution in [2.45, 2.75) is 19.9 Å². The molecule has 0 atom stereocenters. The zero-order chi connectivity index (χ0) is 11.1. The zero-order valence-corrected chi connectivity index (χ0v) is 9.02. The lowest BCUT2D eigenvalue weighted by Gasteiger charge is -2.20. The largest absolute Gasteiger partial charge is 0.339 e. The number of carbonyl (C=O) groups is 1. The van der Waals surface area contributed by atoms with Gasteiger partial charge in [0.15, 0.2) is 0 Å². The molecule has 0 fully saturated rings. The molecule has 1 amide bonds. The van der Waals surface area contributed by atoms with Crippen LogP contribution < -0.4 is 5.73 Å². The molecule has 0 unspecified atom stereocenters. The lowest BCUT2D eigenvalue weighted by atomic mass is 10.2. The summed E-state index contributed by atoms with van der Waals surface area (Å²) in [4.78, 5) is 17.4. The molecule has 0 aliphatic heterocycles. The predicted octanol–water partition coefficient (Wildman–Crippen LogP) is 0.779. The van der Waals surface area contributed by atoms with E-state index in [0.717, 1.165) is 5.56 Å². The van der Waals surface area contributed by atoms with E-state index >= 15 is 0 Å². The number of nitrogens with zero attached hydrogens (tertiary/aromatic N) is 2. The van der Waals surface area contributed by atoms with E-state index < -0.39 is 0 Å². The molecule has 1 aromatic rings. The summed E-state index contributed by atoms with van der Waals surface area (Å²) in [5.74, 6) is 0.101. The average molecular weight is 207 g/mol. The molecule has 1 aromatic heterocycles. The summed E-state index contributed by atoms with van der Waals surface area (Å²) in [5, 5.41) is 0. The molecule has 82 valence electrons. The Bertz CT molecular complexity index is 300. The van der Waals surface area contributed by atoms with Gasteiger partial charge in [0.05, 0.1) is 0 Å². The Balaban J connectivity index is 2.58. The molecule has 0 aliphatic carbocycles. The van der Waals surface area contributed by atoms with Crippen molar-refractivity contribution in [1.82, 2.24) is 9.88 Å². The number of hydrogen-bond acceptors (Lipinski definition) is 3. The van der Waals surface area contributed by atoms with Gasteiger partial charge in [0.25, 0.3) is 0 Å². The molecule has 0 aliphatic rings. The topological polar surface area (TPSA) is 59.2 Å². The second-order valence-electron chi connectivity index (χ2n) is 3.31. The normalized spacial score (nSPS) is 10.0. The third kappa shape index (κ3) is 3.67. The third-order valence-corrected chi connectivity index (χ3v) is 2.19. The van der Waals surface area contributed by atoms with Crippen LogP contribution in [0.2, 0.25) is 0 Å². The summed E-state index contributed by atoms with van der Waals surface area (Å²) < 4.78 is 0. The van der Waals surface area contributed by atoms with Gasteiger partial charge in [-0.1, -0.05) is 6.07 Å². The van der Waals surface area contributed by atoms with Crippen LogP contribution in [0.1, 0.15) is 18.9 Å². The number of carbonyl (C=O) groups excluding carboxylic acids is 1. The summed E-state index contributed by atoms with van der Waals surface area (Å²) in [5.41, 5.74) is 6.40. The van der Waals surface area contributed by atoms with Gasteiger partial charge in [0.2, 0.25) is 5.91 Å². The Labute approximate surface area is 90.1 Å². The number of hydrogen-bond donors (Lipinski definition) is 1. The van der Waals surface area contributed by atoms with Gasteiger partial charge in [-0.2, -0.15) is 0 Å². The molecule has 0 radical (unpaired) electrons. The average Bonchev–Trinajstić information content (AvgIpc) is 2.27. The van der Waals surface area contributed by atoms with Crippen LogP contribution in [-0.4, -0.2) is 28.9 Å². The number of rotatable bonds is 5. The minimum absolute atomic E-state index is 0.101. The van der Waals surface area contributed by atoms with Crippen molar-refractivity contribution in [3.8, 4) is 0 Å². The molecule has 4 nitrogen and oxygen atoms in total. The Hall–Kier alpha value is -1.42. The van der Waals surface area contributed by atoms with Crippen molar-refractivity contribution >= 4 is 5.91 Å². The first kappa shape index (κ1) is 11.7. The van der Waals surface area contributed by atoms with E-state index in [0.29, 0.717) is 26.1 Å². The van der Waals surface area contributed by atoms with Crippen LogP contribution in [0.5, 0.6) is 0 Å². The zero-order valence-electron chi connectivity index (χ0n) is 9.02. The number of pyridine rings is 1. The van der Waals surface area contributed by atoms with E-state index in [2.05, 4.69) is 4.98 Å². The molecule has 0 aromatic carbocycles. The van der Waals surface area contributed by atoms with Gasteiger partial charge in [-0.15, -0.1) is 0 Å². The number of amides is 1. The predicted molar refractivity (Wildman–Crippen MR) is 59.0 cm³/mol. The second kappa shape index (κ2) is 6.14. The first-order valence-electron chi connectivity index (χ1n) is 5.14. The Kier molecular flexibility index (Phi) is 4.77. The fourth-order valence-electron chi connectivity index (χ4n) is 1.37. The van der Waals surface area contributed by atoms with E-state index in [9.17, 15) is 4.79 Å². The molecular weight excluding hydrogens is 190 g/mol. The van der Waals surface area contributed by atoms with Crippen LogP contribution in [0.3, 0.4) is 0 Å². The van der Waals surface area contributed by atoms with Crippen molar-refractivity contribution < 1.29 is 4.79 Å². The Morgan fingerprint density at radius 3 is 2.93 bits per heavy atom. The molecule has 0 saturated heterocycles. The van der Waals surface area contributed by atoms with Crippen LogP contribution in [0, 0.1) is 0 Å². The van der Waals surface area contributed by atoms with E-state index in [1.807, 2.05) is 19.1 Å². The maximum atomic E-state index is 11.6. The van der Waals surface area contributed by atoms with Crippen LogP contribution >= 0.6 is 0 Å². The third-order valence-electron chi connectivity index (χ3n) is 2.19. The number of aromatic nitrogens is 1. The number of nitrogens with two attached hydrogens (primary N) is 1. The molecule has 0 saturated carbocycles. The fraction of sp³-hybridized carbons (Fsp3) is 0.455. The molecule has 2 N–H and O–H groups in total. The fourth-order valence-corrected chi connectivity index (χ4v) is 1.37. The molecular formula is C11H17N3O. The van der Waals surface area contributed by atoms with E-state index in [1.54, 1.807) is 17.3 Å². The minimum Gasteiger partial charge on any atom is -0.339 e. The lowest BCUT2D eigenvalue weighted by molar-refractivity contribution is -0.131. The maximum Gasteiger partial charge on any atom is 0.224 e. The van der Waals surface area contributed by atoms with Gasteiger partial charge in [-0.25, -0.2) is 0 Å². The van der Waals surface area contributed by atoms with Gasteiger partial charge in [0, 0.05) is 38.4 Å². The minimum atomic E-state index is 0.101. The smallest absolute Gasteiger partial charge is 0.224 e. The summed E-state index contributed by atoms with van der Waals surface area (Å²) in [6, 6.07) is 3.84. The van der Waals surface area contributed by atoms with Crippen molar-refractivity contribution in [2.75, 3.05) is 13.1 Å². The second-order valence-corrected chi connectivity index (χ2v) is 3.31. The molecule has 15 heavy (non-hydrogen) atoms. The van der Waals surface area contributed by atoms with Crippen molar-refractivity contribution in [3.05, 3.63) is 30.1 Å². The lowest BCUT2D eigenvalue weighted by Crippen LogP contribution is -2.31. The van der Waals surface area contributed by atoms with E-state index in [-0.39, 0.29) is 5.91 Å². The quantitative estimate of drug-likeness (QED) is 0.776. The first-order chi connectivity index (χ1) is 7.27. The highest BCUT2D eigenvalue weighted by molar-refractivity contribution is 5.76. The van der Waals surface area contributed by atoms with Gasteiger partial charge < -0.3 is 10.6 Å². The molecule has 0 spiro atoms. The van der Waals surface area contributed by atoms with Gasteiger partial charge in [-0.05, 0) is 18.6 Å². The Morgan fingerprint density at radius 1 is 1.60 bits per heavy atom. The monoisotopic (exact) mass is 207 g/mol. The van der Waals surface area contributed by atoms with Crippen LogP contribution in [0.15, 0.2) is 24.5 Å². The van der Waals surface area contributed by atoms with Crippen LogP contribution in [0.4, 0.5) is 0 Å². The van der Waals surface area contributed by atoms with Crippen molar-refractivity contribution in [2.24, 2.45) is 5.73 Å². The van der Waals surface area contributed by atoms with Gasteiger partial charge >= 0.3 is 0 Å².